The first-order valence-corrected chi connectivity index (χ1v) is 7.38. The van der Waals surface area contributed by atoms with E-state index in [0.717, 1.165) is 6.42 Å². The number of nitrogens with one attached hydrogen (secondary N) is 2. The summed E-state index contributed by atoms with van der Waals surface area (Å²) in [6, 6.07) is 1.99. The lowest BCUT2D eigenvalue weighted by molar-refractivity contribution is -0.126. The molecule has 0 aliphatic heterocycles. The van der Waals surface area contributed by atoms with Crippen molar-refractivity contribution in [1.29, 1.82) is 0 Å². The number of nitrogens with zero attached hydrogens (tertiary/aromatic N) is 2. The minimum atomic E-state index is -0.0569. The van der Waals surface area contributed by atoms with Crippen LogP contribution in [0.4, 0.5) is 11.8 Å². The van der Waals surface area contributed by atoms with Gasteiger partial charge < -0.3 is 16.4 Å². The SMILES string of the molecule is CC(C)NC(=O)C1C2C=CC(C2)C1Nc1ccnc(N)n1. The summed E-state index contributed by atoms with van der Waals surface area (Å²) in [6.07, 6.45) is 7.01. The van der Waals surface area contributed by atoms with E-state index in [-0.39, 0.29) is 29.9 Å². The average Bonchev–Trinajstić information content (AvgIpc) is 2.98. The monoisotopic (exact) mass is 287 g/mol. The molecular weight excluding hydrogens is 266 g/mol. The fourth-order valence-corrected chi connectivity index (χ4v) is 3.38. The Kier molecular flexibility index (Phi) is 3.53. The lowest BCUT2D eigenvalue weighted by Crippen LogP contribution is -2.45. The second-order valence-corrected chi connectivity index (χ2v) is 6.11. The van der Waals surface area contributed by atoms with Gasteiger partial charge in [-0.3, -0.25) is 4.79 Å². The van der Waals surface area contributed by atoms with Crippen LogP contribution in [0.15, 0.2) is 24.4 Å². The van der Waals surface area contributed by atoms with E-state index in [2.05, 4.69) is 32.8 Å². The van der Waals surface area contributed by atoms with Crippen LogP contribution in [0.25, 0.3) is 0 Å². The number of amides is 1. The number of rotatable bonds is 4. The van der Waals surface area contributed by atoms with Gasteiger partial charge in [-0.05, 0) is 38.2 Å². The van der Waals surface area contributed by atoms with Gasteiger partial charge in [0.2, 0.25) is 11.9 Å². The number of nitrogen functional groups attached to an aromatic ring is 1. The van der Waals surface area contributed by atoms with Gasteiger partial charge in [0, 0.05) is 18.3 Å². The number of carbonyl (C=O) groups is 1. The molecule has 1 amide bonds. The van der Waals surface area contributed by atoms with Gasteiger partial charge in [-0.15, -0.1) is 0 Å². The highest BCUT2D eigenvalue weighted by atomic mass is 16.2. The molecular formula is C15H21N5O. The van der Waals surface area contributed by atoms with E-state index in [9.17, 15) is 4.79 Å². The van der Waals surface area contributed by atoms with E-state index in [0.29, 0.717) is 17.7 Å². The molecule has 1 aromatic heterocycles. The summed E-state index contributed by atoms with van der Waals surface area (Å²) in [5.74, 6) is 1.65. The molecule has 3 rings (SSSR count). The summed E-state index contributed by atoms with van der Waals surface area (Å²) < 4.78 is 0. The largest absolute Gasteiger partial charge is 0.368 e. The summed E-state index contributed by atoms with van der Waals surface area (Å²) in [6.45, 7) is 3.96. The quantitative estimate of drug-likeness (QED) is 0.723. The van der Waals surface area contributed by atoms with Gasteiger partial charge >= 0.3 is 0 Å². The molecule has 112 valence electrons. The van der Waals surface area contributed by atoms with E-state index < -0.39 is 0 Å². The lowest BCUT2D eigenvalue weighted by Gasteiger charge is -2.29. The number of nitrogens with two attached hydrogens (primary N) is 1. The molecule has 4 atom stereocenters. The molecule has 1 aromatic rings. The Morgan fingerprint density at radius 3 is 2.86 bits per heavy atom. The normalized spacial score (nSPS) is 29.9. The molecule has 6 heteroatoms. The molecule has 6 nitrogen and oxygen atoms in total. The minimum Gasteiger partial charge on any atom is -0.368 e. The van der Waals surface area contributed by atoms with Crippen LogP contribution in [0.5, 0.6) is 0 Å². The van der Waals surface area contributed by atoms with E-state index in [1.165, 1.54) is 0 Å². The maximum atomic E-state index is 12.5. The van der Waals surface area contributed by atoms with Crippen LogP contribution in [0.2, 0.25) is 0 Å². The van der Waals surface area contributed by atoms with Crippen LogP contribution < -0.4 is 16.4 Å². The highest BCUT2D eigenvalue weighted by Crippen LogP contribution is 2.45. The number of fused-ring (bicyclic) bond motifs is 2. The number of anilines is 2. The van der Waals surface area contributed by atoms with Crippen LogP contribution in [-0.4, -0.2) is 28.0 Å². The third kappa shape index (κ3) is 2.70. The summed E-state index contributed by atoms with van der Waals surface area (Å²) in [7, 11) is 0. The van der Waals surface area contributed by atoms with Crippen molar-refractivity contribution in [3.05, 3.63) is 24.4 Å². The smallest absolute Gasteiger partial charge is 0.226 e. The Labute approximate surface area is 124 Å². The van der Waals surface area contributed by atoms with Crippen molar-refractivity contribution < 1.29 is 4.79 Å². The maximum absolute atomic E-state index is 12.5. The summed E-state index contributed by atoms with van der Waals surface area (Å²) >= 11 is 0. The van der Waals surface area contributed by atoms with E-state index in [1.54, 1.807) is 12.3 Å². The molecule has 4 unspecified atom stereocenters. The average molecular weight is 287 g/mol. The number of aromatic nitrogens is 2. The van der Waals surface area contributed by atoms with Crippen LogP contribution in [-0.2, 0) is 4.79 Å². The van der Waals surface area contributed by atoms with Crippen molar-refractivity contribution in [3.63, 3.8) is 0 Å². The molecule has 0 spiro atoms. The van der Waals surface area contributed by atoms with Gasteiger partial charge in [0.25, 0.3) is 0 Å². The van der Waals surface area contributed by atoms with Gasteiger partial charge in [-0.2, -0.15) is 4.98 Å². The van der Waals surface area contributed by atoms with Crippen LogP contribution in [0, 0.1) is 17.8 Å². The molecule has 0 radical (unpaired) electrons. The molecule has 4 N–H and O–H groups in total. The molecule has 2 aliphatic rings. The van der Waals surface area contributed by atoms with Gasteiger partial charge in [0.15, 0.2) is 0 Å². The number of hydrogen-bond donors (Lipinski definition) is 3. The number of hydrogen-bond acceptors (Lipinski definition) is 5. The highest BCUT2D eigenvalue weighted by Gasteiger charge is 2.48. The van der Waals surface area contributed by atoms with Crippen molar-refractivity contribution >= 4 is 17.7 Å². The van der Waals surface area contributed by atoms with Crippen LogP contribution in [0.3, 0.4) is 0 Å². The van der Waals surface area contributed by atoms with Gasteiger partial charge in [0.1, 0.15) is 5.82 Å². The van der Waals surface area contributed by atoms with E-state index >= 15 is 0 Å². The summed E-state index contributed by atoms with van der Waals surface area (Å²) in [5.41, 5.74) is 5.61. The number of allylic oxidation sites excluding steroid dienone is 1. The molecule has 2 bridgehead atoms. The Morgan fingerprint density at radius 2 is 2.14 bits per heavy atom. The molecule has 1 saturated carbocycles. The van der Waals surface area contributed by atoms with Crippen molar-refractivity contribution in [1.82, 2.24) is 15.3 Å². The van der Waals surface area contributed by atoms with Crippen molar-refractivity contribution in [2.24, 2.45) is 17.8 Å². The Morgan fingerprint density at radius 1 is 1.38 bits per heavy atom. The zero-order valence-electron chi connectivity index (χ0n) is 12.3. The van der Waals surface area contributed by atoms with Crippen molar-refractivity contribution in [2.45, 2.75) is 32.4 Å². The van der Waals surface area contributed by atoms with Crippen molar-refractivity contribution in [2.75, 3.05) is 11.1 Å². The van der Waals surface area contributed by atoms with Crippen LogP contribution in [0.1, 0.15) is 20.3 Å². The maximum Gasteiger partial charge on any atom is 0.226 e. The third-order valence-electron chi connectivity index (χ3n) is 4.18. The van der Waals surface area contributed by atoms with E-state index in [4.69, 9.17) is 5.73 Å². The molecule has 21 heavy (non-hydrogen) atoms. The second-order valence-electron chi connectivity index (χ2n) is 6.11. The highest BCUT2D eigenvalue weighted by molar-refractivity contribution is 5.81. The topological polar surface area (TPSA) is 92.9 Å². The van der Waals surface area contributed by atoms with Crippen molar-refractivity contribution in [3.8, 4) is 0 Å². The predicted molar refractivity (Wildman–Crippen MR) is 81.4 cm³/mol. The van der Waals surface area contributed by atoms with Crippen LogP contribution >= 0.6 is 0 Å². The molecule has 1 fully saturated rings. The molecule has 2 aliphatic carbocycles. The zero-order chi connectivity index (χ0) is 15.0. The summed E-state index contributed by atoms with van der Waals surface area (Å²) in [4.78, 5) is 20.5. The first-order chi connectivity index (χ1) is 10.0. The second kappa shape index (κ2) is 5.35. The Bertz CT molecular complexity index is 571. The standard InChI is InChI=1S/C15H21N5O/c1-8(2)18-14(21)12-9-3-4-10(7-9)13(12)19-11-5-6-17-15(16)20-11/h3-6,8-10,12-13H,7H2,1-2H3,(H,18,21)(H3,16,17,19,20). The molecule has 0 aromatic carbocycles. The van der Waals surface area contributed by atoms with Gasteiger partial charge in [0.05, 0.1) is 5.92 Å². The minimum absolute atomic E-state index is 0.0569. The first kappa shape index (κ1) is 13.9. The Balaban J connectivity index is 1.79. The molecule has 0 saturated heterocycles. The van der Waals surface area contributed by atoms with E-state index in [1.807, 2.05) is 13.8 Å². The Hall–Kier alpha value is -2.11. The predicted octanol–water partition coefficient (Wildman–Crippen LogP) is 1.19. The number of carbonyl (C=O) groups excluding carboxylic acids is 1. The lowest BCUT2D eigenvalue weighted by atomic mass is 9.88. The summed E-state index contributed by atoms with van der Waals surface area (Å²) in [5, 5.41) is 6.40. The fourth-order valence-electron chi connectivity index (χ4n) is 3.38. The third-order valence-corrected chi connectivity index (χ3v) is 4.18. The van der Waals surface area contributed by atoms with Gasteiger partial charge in [-0.1, -0.05) is 12.2 Å². The van der Waals surface area contributed by atoms with Gasteiger partial charge in [-0.25, -0.2) is 4.98 Å². The molecule has 1 heterocycles. The zero-order valence-corrected chi connectivity index (χ0v) is 12.3. The fraction of sp³-hybridized carbons (Fsp3) is 0.533. The first-order valence-electron chi connectivity index (χ1n) is 7.38.